The Morgan fingerprint density at radius 2 is 1.92 bits per heavy atom. The average molecular weight is 172 g/mol. The van der Waals surface area contributed by atoms with Crippen LogP contribution in [0.4, 0.5) is 0 Å². The molecule has 0 aromatic rings. The quantitative estimate of drug-likeness (QED) is 0.596. The van der Waals surface area contributed by atoms with E-state index < -0.39 is 0 Å². The van der Waals surface area contributed by atoms with Gasteiger partial charge in [-0.15, -0.1) is 0 Å². The normalized spacial score (nSPS) is 11.3. The number of ether oxygens (including phenoxy) is 1. The van der Waals surface area contributed by atoms with Crippen molar-refractivity contribution in [3.63, 3.8) is 0 Å². The van der Waals surface area contributed by atoms with Gasteiger partial charge in [-0.25, -0.2) is 0 Å². The van der Waals surface area contributed by atoms with E-state index in [2.05, 4.69) is 20.8 Å². The van der Waals surface area contributed by atoms with Crippen LogP contribution in [0.1, 0.15) is 47.0 Å². The van der Waals surface area contributed by atoms with Gasteiger partial charge in [-0.1, -0.05) is 27.2 Å². The molecule has 0 heterocycles. The molecule has 0 aromatic carbocycles. The van der Waals surface area contributed by atoms with Gasteiger partial charge in [0, 0.05) is 6.92 Å². The predicted octanol–water partition coefficient (Wildman–Crippen LogP) is 2.77. The van der Waals surface area contributed by atoms with Crippen molar-refractivity contribution in [1.29, 1.82) is 0 Å². The highest BCUT2D eigenvalue weighted by Gasteiger charge is 2.16. The van der Waals surface area contributed by atoms with Crippen LogP contribution in [0.2, 0.25) is 0 Å². The maximum absolute atomic E-state index is 10.5. The van der Waals surface area contributed by atoms with Gasteiger partial charge in [0.05, 0.1) is 6.61 Å². The lowest BCUT2D eigenvalue weighted by Gasteiger charge is -2.23. The summed E-state index contributed by atoms with van der Waals surface area (Å²) in [5.74, 6) is -0.178. The topological polar surface area (TPSA) is 26.3 Å². The second-order valence-electron chi connectivity index (χ2n) is 4.00. The molecule has 0 atom stereocenters. The fourth-order valence-electron chi connectivity index (χ4n) is 1.27. The van der Waals surface area contributed by atoms with E-state index in [0.29, 0.717) is 12.0 Å². The molecular formula is C10H20O2. The first-order valence-electron chi connectivity index (χ1n) is 4.61. The van der Waals surface area contributed by atoms with Crippen molar-refractivity contribution in [2.24, 2.45) is 5.41 Å². The van der Waals surface area contributed by atoms with Crippen molar-refractivity contribution in [1.82, 2.24) is 0 Å². The van der Waals surface area contributed by atoms with Crippen molar-refractivity contribution in [3.8, 4) is 0 Å². The molecule has 0 bridgehead atoms. The van der Waals surface area contributed by atoms with Crippen LogP contribution in [0, 0.1) is 5.41 Å². The Morgan fingerprint density at radius 3 is 2.33 bits per heavy atom. The molecule has 0 aliphatic rings. The maximum Gasteiger partial charge on any atom is 0.302 e. The van der Waals surface area contributed by atoms with E-state index in [1.807, 2.05) is 0 Å². The third kappa shape index (κ3) is 6.20. The van der Waals surface area contributed by atoms with Gasteiger partial charge in [-0.05, 0) is 18.3 Å². The second kappa shape index (κ2) is 5.18. The van der Waals surface area contributed by atoms with Crippen LogP contribution in [-0.4, -0.2) is 12.6 Å². The number of esters is 1. The highest BCUT2D eigenvalue weighted by molar-refractivity contribution is 5.65. The Morgan fingerprint density at radius 1 is 1.33 bits per heavy atom. The summed E-state index contributed by atoms with van der Waals surface area (Å²) in [6.45, 7) is 8.60. The van der Waals surface area contributed by atoms with E-state index in [9.17, 15) is 4.79 Å². The van der Waals surface area contributed by atoms with E-state index >= 15 is 0 Å². The molecule has 0 aromatic heterocycles. The molecule has 0 aliphatic carbocycles. The summed E-state index contributed by atoms with van der Waals surface area (Å²) < 4.78 is 4.89. The zero-order chi connectivity index (χ0) is 9.61. The van der Waals surface area contributed by atoms with Gasteiger partial charge in [0.1, 0.15) is 0 Å². The molecule has 0 saturated heterocycles. The first-order valence-corrected chi connectivity index (χ1v) is 4.61. The van der Waals surface area contributed by atoms with Crippen molar-refractivity contribution < 1.29 is 9.53 Å². The summed E-state index contributed by atoms with van der Waals surface area (Å²) in [4.78, 5) is 10.5. The third-order valence-electron chi connectivity index (χ3n) is 2.01. The molecule has 0 aliphatic heterocycles. The molecule has 0 N–H and O–H groups in total. The lowest BCUT2D eigenvalue weighted by atomic mass is 9.85. The number of hydrogen-bond donors (Lipinski definition) is 0. The van der Waals surface area contributed by atoms with Gasteiger partial charge >= 0.3 is 5.97 Å². The van der Waals surface area contributed by atoms with Crippen LogP contribution < -0.4 is 0 Å². The molecule has 0 radical (unpaired) electrons. The number of carbonyl (C=O) groups is 1. The van der Waals surface area contributed by atoms with Crippen LogP contribution in [-0.2, 0) is 9.53 Å². The Bertz CT molecular complexity index is 139. The minimum absolute atomic E-state index is 0.178. The Labute approximate surface area is 75.3 Å². The molecule has 2 heteroatoms. The third-order valence-corrected chi connectivity index (χ3v) is 2.01. The van der Waals surface area contributed by atoms with E-state index in [1.54, 1.807) is 0 Å². The molecule has 0 rings (SSSR count). The summed E-state index contributed by atoms with van der Waals surface area (Å²) in [6.07, 6.45) is 3.34. The largest absolute Gasteiger partial charge is 0.466 e. The predicted molar refractivity (Wildman–Crippen MR) is 49.9 cm³/mol. The molecule has 72 valence electrons. The van der Waals surface area contributed by atoms with Crippen molar-refractivity contribution in [2.75, 3.05) is 6.61 Å². The van der Waals surface area contributed by atoms with Gasteiger partial charge in [-0.2, -0.15) is 0 Å². The Balaban J connectivity index is 3.53. The van der Waals surface area contributed by atoms with Gasteiger partial charge in [0.2, 0.25) is 0 Å². The average Bonchev–Trinajstić information content (AvgIpc) is 1.85. The van der Waals surface area contributed by atoms with Gasteiger partial charge < -0.3 is 4.74 Å². The standard InChI is InChI=1S/C10H20O2/c1-5-6-10(3,4)7-8-12-9(2)11/h5-8H2,1-4H3. The summed E-state index contributed by atoms with van der Waals surface area (Å²) in [5.41, 5.74) is 0.310. The molecule has 12 heavy (non-hydrogen) atoms. The van der Waals surface area contributed by atoms with E-state index in [-0.39, 0.29) is 5.97 Å². The van der Waals surface area contributed by atoms with Gasteiger partial charge in [-0.3, -0.25) is 4.79 Å². The van der Waals surface area contributed by atoms with Crippen molar-refractivity contribution >= 4 is 5.97 Å². The number of carbonyl (C=O) groups excluding carboxylic acids is 1. The van der Waals surface area contributed by atoms with Crippen molar-refractivity contribution in [3.05, 3.63) is 0 Å². The molecular weight excluding hydrogens is 152 g/mol. The number of hydrogen-bond acceptors (Lipinski definition) is 2. The van der Waals surface area contributed by atoms with Gasteiger partial charge in [0.25, 0.3) is 0 Å². The van der Waals surface area contributed by atoms with Crippen LogP contribution >= 0.6 is 0 Å². The summed E-state index contributed by atoms with van der Waals surface area (Å²) in [5, 5.41) is 0. The van der Waals surface area contributed by atoms with Crippen LogP contribution in [0.15, 0.2) is 0 Å². The molecule has 0 saturated carbocycles. The minimum Gasteiger partial charge on any atom is -0.466 e. The lowest BCUT2D eigenvalue weighted by molar-refractivity contribution is -0.141. The van der Waals surface area contributed by atoms with Gasteiger partial charge in [0.15, 0.2) is 0 Å². The first-order chi connectivity index (χ1) is 5.48. The number of rotatable bonds is 5. The van der Waals surface area contributed by atoms with E-state index in [1.165, 1.54) is 19.8 Å². The first kappa shape index (κ1) is 11.5. The second-order valence-corrected chi connectivity index (χ2v) is 4.00. The fraction of sp³-hybridized carbons (Fsp3) is 0.900. The molecule has 0 spiro atoms. The summed E-state index contributed by atoms with van der Waals surface area (Å²) in [7, 11) is 0. The molecule has 0 amide bonds. The SMILES string of the molecule is CCCC(C)(C)CCOC(C)=O. The molecule has 2 nitrogen and oxygen atoms in total. The Kier molecular flexibility index (Phi) is 4.95. The maximum atomic E-state index is 10.5. The highest BCUT2D eigenvalue weighted by atomic mass is 16.5. The lowest BCUT2D eigenvalue weighted by Crippen LogP contribution is -2.15. The van der Waals surface area contributed by atoms with Crippen LogP contribution in [0.3, 0.4) is 0 Å². The monoisotopic (exact) mass is 172 g/mol. The fourth-order valence-corrected chi connectivity index (χ4v) is 1.27. The van der Waals surface area contributed by atoms with Crippen LogP contribution in [0.5, 0.6) is 0 Å². The highest BCUT2D eigenvalue weighted by Crippen LogP contribution is 2.26. The zero-order valence-corrected chi connectivity index (χ0v) is 8.64. The molecule has 0 fully saturated rings. The van der Waals surface area contributed by atoms with Crippen LogP contribution in [0.25, 0.3) is 0 Å². The minimum atomic E-state index is -0.178. The Hall–Kier alpha value is -0.530. The van der Waals surface area contributed by atoms with E-state index in [0.717, 1.165) is 6.42 Å². The van der Waals surface area contributed by atoms with Crippen molar-refractivity contribution in [2.45, 2.75) is 47.0 Å². The zero-order valence-electron chi connectivity index (χ0n) is 8.64. The summed E-state index contributed by atoms with van der Waals surface area (Å²) in [6, 6.07) is 0. The smallest absolute Gasteiger partial charge is 0.302 e. The molecule has 0 unspecified atom stereocenters. The van der Waals surface area contributed by atoms with E-state index in [4.69, 9.17) is 4.74 Å². The summed E-state index contributed by atoms with van der Waals surface area (Å²) >= 11 is 0.